The monoisotopic (exact) mass is 339 g/mol. The van der Waals surface area contributed by atoms with Crippen LogP contribution >= 0.6 is 0 Å². The molecule has 0 aliphatic heterocycles. The first-order chi connectivity index (χ1) is 12.0. The number of amides is 1. The molecule has 3 aromatic carbocycles. The maximum Gasteiger partial charge on any atom is 0.306 e. The normalized spacial score (nSPS) is 10.4. The van der Waals surface area contributed by atoms with Gasteiger partial charge in [0.15, 0.2) is 0 Å². The molecule has 0 atom stereocenters. The van der Waals surface area contributed by atoms with E-state index in [1.807, 2.05) is 36.4 Å². The summed E-state index contributed by atoms with van der Waals surface area (Å²) < 4.78 is 13.3. The number of benzene rings is 3. The van der Waals surface area contributed by atoms with Gasteiger partial charge in [-0.05, 0) is 23.6 Å². The van der Waals surface area contributed by atoms with Crippen LogP contribution in [0.15, 0.2) is 60.7 Å². The summed E-state index contributed by atoms with van der Waals surface area (Å²) in [4.78, 5) is 22.1. The van der Waals surface area contributed by atoms with Gasteiger partial charge in [0.1, 0.15) is 0 Å². The summed E-state index contributed by atoms with van der Waals surface area (Å²) in [6.07, 6.45) is 0. The maximum absolute atomic E-state index is 13.3. The second-order valence-electron chi connectivity index (χ2n) is 5.35. The molecule has 25 heavy (non-hydrogen) atoms. The molecule has 126 valence electrons. The van der Waals surface area contributed by atoms with Gasteiger partial charge >= 0.3 is 5.69 Å². The number of hydrogen-bond donors (Lipinski definition) is 2. The Morgan fingerprint density at radius 1 is 1.08 bits per heavy atom. The number of rotatable bonds is 5. The predicted octanol–water partition coefficient (Wildman–Crippen LogP) is 3.94. The van der Waals surface area contributed by atoms with Crippen molar-refractivity contribution in [3.05, 3.63) is 76.6 Å². The molecule has 1 amide bonds. The molecule has 7 heteroatoms. The molecule has 0 fully saturated rings. The minimum Gasteiger partial charge on any atom is -0.376 e. The van der Waals surface area contributed by atoms with Crippen molar-refractivity contribution in [2.24, 2.45) is 0 Å². The van der Waals surface area contributed by atoms with Gasteiger partial charge in [0, 0.05) is 22.8 Å². The van der Waals surface area contributed by atoms with Crippen molar-refractivity contribution in [3.63, 3.8) is 0 Å². The number of anilines is 2. The van der Waals surface area contributed by atoms with E-state index >= 15 is 0 Å². The highest BCUT2D eigenvalue weighted by Crippen LogP contribution is 2.23. The van der Waals surface area contributed by atoms with Crippen molar-refractivity contribution < 1.29 is 14.1 Å². The number of fused-ring (bicyclic) bond motifs is 1. The van der Waals surface area contributed by atoms with Crippen molar-refractivity contribution in [2.45, 2.75) is 0 Å². The number of nitrogens with zero attached hydrogens (tertiary/aromatic N) is 1. The van der Waals surface area contributed by atoms with E-state index in [0.29, 0.717) is 11.4 Å². The number of carbonyl (C=O) groups excluding carboxylic acids is 1. The lowest BCUT2D eigenvalue weighted by Gasteiger charge is -2.10. The Balaban J connectivity index is 1.69. The molecule has 0 aliphatic carbocycles. The second-order valence-corrected chi connectivity index (χ2v) is 5.35. The highest BCUT2D eigenvalue weighted by molar-refractivity contribution is 6.03. The van der Waals surface area contributed by atoms with Gasteiger partial charge in [0.05, 0.1) is 11.5 Å². The fourth-order valence-corrected chi connectivity index (χ4v) is 2.47. The average molecular weight is 339 g/mol. The lowest BCUT2D eigenvalue weighted by atomic mass is 10.1. The molecule has 0 aromatic heterocycles. The molecule has 6 nitrogen and oxygen atoms in total. The second kappa shape index (κ2) is 6.96. The summed E-state index contributed by atoms with van der Waals surface area (Å²) in [5.41, 5.74) is 0.329. The summed E-state index contributed by atoms with van der Waals surface area (Å²) in [5.74, 6) is -1.24. The number of carbonyl (C=O) groups is 1. The summed E-state index contributed by atoms with van der Waals surface area (Å²) in [7, 11) is 0. The van der Waals surface area contributed by atoms with Crippen LogP contribution in [0, 0.1) is 15.9 Å². The Hall–Kier alpha value is -3.48. The summed E-state index contributed by atoms with van der Waals surface area (Å²) in [5, 5.41) is 18.2. The van der Waals surface area contributed by atoms with Crippen molar-refractivity contribution in [2.75, 3.05) is 17.2 Å². The van der Waals surface area contributed by atoms with E-state index in [1.54, 1.807) is 6.07 Å². The van der Waals surface area contributed by atoms with Crippen LogP contribution in [-0.2, 0) is 4.79 Å². The first-order valence-electron chi connectivity index (χ1n) is 7.50. The average Bonchev–Trinajstić information content (AvgIpc) is 2.61. The minimum atomic E-state index is -0.921. The fraction of sp³-hybridized carbons (Fsp3) is 0.0556. The molecule has 3 rings (SSSR count). The van der Waals surface area contributed by atoms with Gasteiger partial charge in [-0.15, -0.1) is 0 Å². The van der Waals surface area contributed by atoms with Gasteiger partial charge in [-0.2, -0.15) is 4.39 Å². The predicted molar refractivity (Wildman–Crippen MR) is 94.1 cm³/mol. The van der Waals surface area contributed by atoms with E-state index in [4.69, 9.17) is 0 Å². The lowest BCUT2D eigenvalue weighted by Crippen LogP contribution is -2.21. The van der Waals surface area contributed by atoms with Crippen LogP contribution in [-0.4, -0.2) is 17.4 Å². The summed E-state index contributed by atoms with van der Waals surface area (Å²) in [6, 6.07) is 16.6. The van der Waals surface area contributed by atoms with Crippen molar-refractivity contribution in [3.8, 4) is 0 Å². The van der Waals surface area contributed by atoms with Gasteiger partial charge in [0.2, 0.25) is 11.7 Å². The Bertz CT molecular complexity index is 954. The van der Waals surface area contributed by atoms with Crippen molar-refractivity contribution >= 4 is 33.7 Å². The zero-order chi connectivity index (χ0) is 17.8. The van der Waals surface area contributed by atoms with Crippen LogP contribution in [0.4, 0.5) is 21.5 Å². The maximum atomic E-state index is 13.3. The molecule has 0 spiro atoms. The van der Waals surface area contributed by atoms with Gasteiger partial charge in [0.25, 0.3) is 0 Å². The van der Waals surface area contributed by atoms with Crippen LogP contribution < -0.4 is 10.6 Å². The molecule has 0 radical (unpaired) electrons. The third kappa shape index (κ3) is 3.72. The molecule has 0 bridgehead atoms. The zero-order valence-corrected chi connectivity index (χ0v) is 13.0. The van der Waals surface area contributed by atoms with Crippen molar-refractivity contribution in [1.82, 2.24) is 0 Å². The first-order valence-corrected chi connectivity index (χ1v) is 7.50. The minimum absolute atomic E-state index is 0.105. The Kier molecular flexibility index (Phi) is 4.56. The van der Waals surface area contributed by atoms with E-state index in [9.17, 15) is 19.3 Å². The number of nitro groups is 1. The number of nitro benzene ring substituents is 1. The van der Waals surface area contributed by atoms with E-state index < -0.39 is 16.4 Å². The van der Waals surface area contributed by atoms with E-state index in [1.165, 1.54) is 6.07 Å². The van der Waals surface area contributed by atoms with Gasteiger partial charge in [-0.25, -0.2) is 0 Å². The third-order valence-corrected chi connectivity index (χ3v) is 3.66. The van der Waals surface area contributed by atoms with Gasteiger partial charge < -0.3 is 10.6 Å². The van der Waals surface area contributed by atoms with E-state index in [-0.39, 0.29) is 12.5 Å². The molecular formula is C18H14FN3O3. The Morgan fingerprint density at radius 3 is 2.64 bits per heavy atom. The molecule has 0 unspecified atom stereocenters. The zero-order valence-electron chi connectivity index (χ0n) is 13.0. The molecule has 0 saturated heterocycles. The molecule has 3 aromatic rings. The topological polar surface area (TPSA) is 84.3 Å². The van der Waals surface area contributed by atoms with E-state index in [2.05, 4.69) is 10.6 Å². The first kappa shape index (κ1) is 16.4. The smallest absolute Gasteiger partial charge is 0.306 e. The van der Waals surface area contributed by atoms with Crippen LogP contribution in [0.3, 0.4) is 0 Å². The van der Waals surface area contributed by atoms with Crippen LogP contribution in [0.2, 0.25) is 0 Å². The summed E-state index contributed by atoms with van der Waals surface area (Å²) in [6.45, 7) is -0.105. The standard InChI is InChI=1S/C18H14FN3O3/c19-15-9-8-13(10-17(15)22(24)25)20-11-18(23)21-16-7-3-5-12-4-1-2-6-14(12)16/h1-10,20H,11H2,(H,21,23). The molecule has 0 heterocycles. The molecule has 0 aliphatic rings. The molecule has 2 N–H and O–H groups in total. The van der Waals surface area contributed by atoms with E-state index in [0.717, 1.165) is 22.9 Å². The highest BCUT2D eigenvalue weighted by atomic mass is 19.1. The summed E-state index contributed by atoms with van der Waals surface area (Å²) >= 11 is 0. The molecular weight excluding hydrogens is 325 g/mol. The lowest BCUT2D eigenvalue weighted by molar-refractivity contribution is -0.387. The largest absolute Gasteiger partial charge is 0.376 e. The highest BCUT2D eigenvalue weighted by Gasteiger charge is 2.14. The number of halogens is 1. The van der Waals surface area contributed by atoms with Crippen molar-refractivity contribution in [1.29, 1.82) is 0 Å². The fourth-order valence-electron chi connectivity index (χ4n) is 2.47. The number of hydrogen-bond acceptors (Lipinski definition) is 4. The number of nitrogens with one attached hydrogen (secondary N) is 2. The Labute approximate surface area is 142 Å². The van der Waals surface area contributed by atoms with Gasteiger partial charge in [-0.3, -0.25) is 14.9 Å². The van der Waals surface area contributed by atoms with Gasteiger partial charge in [-0.1, -0.05) is 36.4 Å². The molecule has 0 saturated carbocycles. The van der Waals surface area contributed by atoms with Crippen LogP contribution in [0.1, 0.15) is 0 Å². The SMILES string of the molecule is O=C(CNc1ccc(F)c([N+](=O)[O-])c1)Nc1cccc2ccccc12. The van der Waals surface area contributed by atoms with Crippen LogP contribution in [0.25, 0.3) is 10.8 Å². The quantitative estimate of drug-likeness (QED) is 0.545. The Morgan fingerprint density at radius 2 is 1.84 bits per heavy atom. The third-order valence-electron chi connectivity index (χ3n) is 3.66. The van der Waals surface area contributed by atoms with Crippen LogP contribution in [0.5, 0.6) is 0 Å².